The van der Waals surface area contributed by atoms with Gasteiger partial charge in [0.1, 0.15) is 0 Å². The Hall–Kier alpha value is -0.720. The molecule has 0 aliphatic carbocycles. The van der Waals surface area contributed by atoms with E-state index in [0.29, 0.717) is 16.9 Å². The van der Waals surface area contributed by atoms with Crippen molar-refractivity contribution in [2.45, 2.75) is 31.2 Å². The molecule has 0 aromatic heterocycles. The first-order chi connectivity index (χ1) is 9.49. The monoisotopic (exact) mass is 356 g/mol. The first-order valence-corrected chi connectivity index (χ1v) is 8.54. The molecule has 3 atom stereocenters. The maximum atomic E-state index is 11.6. The maximum absolute atomic E-state index is 11.6. The first-order valence-electron chi connectivity index (χ1n) is 6.69. The topological polar surface area (TPSA) is 52.6 Å². The second kappa shape index (κ2) is 5.24. The van der Waals surface area contributed by atoms with E-state index in [-0.39, 0.29) is 5.91 Å². The molecule has 3 rings (SSSR count). The fourth-order valence-corrected chi connectivity index (χ4v) is 4.44. The number of benzene rings is 1. The van der Waals surface area contributed by atoms with Crippen LogP contribution in [0.25, 0.3) is 0 Å². The second-order valence-electron chi connectivity index (χ2n) is 5.29. The quantitative estimate of drug-likeness (QED) is 0.812. The van der Waals surface area contributed by atoms with Crippen molar-refractivity contribution in [1.29, 1.82) is 0 Å². The standard InChI is InChI=1S/C14H17BrN2O2S/c1-7-8(2)20-4-3-17(7)12-6-11-9(5-10(12)15)13(18)14(19)16-11/h5-8,13,18H,3-4H2,1-2H3,(H,16,19). The van der Waals surface area contributed by atoms with E-state index in [4.69, 9.17) is 0 Å². The van der Waals surface area contributed by atoms with Gasteiger partial charge in [-0.25, -0.2) is 0 Å². The molecule has 2 aliphatic heterocycles. The molecular formula is C14H17BrN2O2S. The Morgan fingerprint density at radius 2 is 2.20 bits per heavy atom. The summed E-state index contributed by atoms with van der Waals surface area (Å²) in [5.41, 5.74) is 2.45. The fraction of sp³-hybridized carbons (Fsp3) is 0.500. The number of nitrogens with one attached hydrogen (secondary N) is 1. The second-order valence-corrected chi connectivity index (χ2v) is 7.63. The Labute approximate surface area is 131 Å². The number of carbonyl (C=O) groups is 1. The average molecular weight is 357 g/mol. The van der Waals surface area contributed by atoms with Crippen molar-refractivity contribution in [3.8, 4) is 0 Å². The average Bonchev–Trinajstić information content (AvgIpc) is 2.68. The third-order valence-electron chi connectivity index (χ3n) is 4.11. The molecule has 0 bridgehead atoms. The molecule has 3 unspecified atom stereocenters. The van der Waals surface area contributed by atoms with Gasteiger partial charge in [0.25, 0.3) is 5.91 Å². The minimum absolute atomic E-state index is 0.348. The lowest BCUT2D eigenvalue weighted by Gasteiger charge is -2.39. The van der Waals surface area contributed by atoms with Crippen LogP contribution in [-0.4, -0.2) is 34.6 Å². The van der Waals surface area contributed by atoms with E-state index in [1.165, 1.54) is 0 Å². The molecule has 0 saturated carbocycles. The Balaban J connectivity index is 1.99. The van der Waals surface area contributed by atoms with Crippen molar-refractivity contribution in [2.24, 2.45) is 0 Å². The van der Waals surface area contributed by atoms with Crippen molar-refractivity contribution < 1.29 is 9.90 Å². The molecule has 2 aliphatic rings. The molecule has 0 spiro atoms. The van der Waals surface area contributed by atoms with E-state index in [0.717, 1.165) is 28.1 Å². The number of aliphatic hydroxyl groups is 1. The van der Waals surface area contributed by atoms with E-state index < -0.39 is 6.10 Å². The van der Waals surface area contributed by atoms with Crippen LogP contribution in [-0.2, 0) is 4.79 Å². The number of rotatable bonds is 1. The molecule has 4 nitrogen and oxygen atoms in total. The Morgan fingerprint density at radius 3 is 2.95 bits per heavy atom. The predicted octanol–water partition coefficient (Wildman–Crippen LogP) is 2.76. The van der Waals surface area contributed by atoms with E-state index in [1.54, 1.807) is 0 Å². The van der Waals surface area contributed by atoms with Crippen molar-refractivity contribution >= 4 is 45.0 Å². The van der Waals surface area contributed by atoms with Gasteiger partial charge in [-0.1, -0.05) is 6.92 Å². The van der Waals surface area contributed by atoms with Gasteiger partial charge in [-0.2, -0.15) is 11.8 Å². The van der Waals surface area contributed by atoms with Gasteiger partial charge in [-0.05, 0) is 35.0 Å². The van der Waals surface area contributed by atoms with Crippen LogP contribution in [0.5, 0.6) is 0 Å². The van der Waals surface area contributed by atoms with Crippen LogP contribution in [0.15, 0.2) is 16.6 Å². The van der Waals surface area contributed by atoms with Crippen LogP contribution >= 0.6 is 27.7 Å². The van der Waals surface area contributed by atoms with Crippen molar-refractivity contribution in [3.63, 3.8) is 0 Å². The zero-order valence-corrected chi connectivity index (χ0v) is 13.8. The number of amides is 1. The molecule has 20 heavy (non-hydrogen) atoms. The third-order valence-corrected chi connectivity index (χ3v) is 6.09. The normalized spacial score (nSPS) is 29.3. The summed E-state index contributed by atoms with van der Waals surface area (Å²) >= 11 is 5.57. The number of carbonyl (C=O) groups excluding carboxylic acids is 1. The van der Waals surface area contributed by atoms with Gasteiger partial charge in [0.15, 0.2) is 6.10 Å². The van der Waals surface area contributed by atoms with Crippen LogP contribution in [0.2, 0.25) is 0 Å². The maximum Gasteiger partial charge on any atom is 0.257 e. The molecule has 108 valence electrons. The summed E-state index contributed by atoms with van der Waals surface area (Å²) in [6, 6.07) is 4.25. The largest absolute Gasteiger partial charge is 0.378 e. The van der Waals surface area contributed by atoms with Gasteiger partial charge in [0.05, 0.1) is 5.69 Å². The number of thioether (sulfide) groups is 1. The SMILES string of the molecule is CC1SCCN(c2cc3c(cc2Br)C(O)C(=O)N3)C1C. The molecule has 1 saturated heterocycles. The van der Waals surface area contributed by atoms with Crippen molar-refractivity contribution in [3.05, 3.63) is 22.2 Å². The lowest BCUT2D eigenvalue weighted by atomic mass is 10.1. The van der Waals surface area contributed by atoms with Gasteiger partial charge in [-0.3, -0.25) is 4.79 Å². The summed E-state index contributed by atoms with van der Waals surface area (Å²) in [6.45, 7) is 5.46. The molecule has 0 radical (unpaired) electrons. The Kier molecular flexibility index (Phi) is 3.73. The molecule has 2 N–H and O–H groups in total. The third kappa shape index (κ3) is 2.23. The summed E-state index contributed by atoms with van der Waals surface area (Å²) in [6.07, 6.45) is -1.05. The highest BCUT2D eigenvalue weighted by Gasteiger charge is 2.32. The van der Waals surface area contributed by atoms with Gasteiger partial charge in [0, 0.05) is 39.3 Å². The van der Waals surface area contributed by atoms with E-state index in [9.17, 15) is 9.90 Å². The van der Waals surface area contributed by atoms with Crippen molar-refractivity contribution in [2.75, 3.05) is 22.5 Å². The highest BCUT2D eigenvalue weighted by atomic mass is 79.9. The molecule has 1 aromatic rings. The van der Waals surface area contributed by atoms with Gasteiger partial charge in [0.2, 0.25) is 0 Å². The first kappa shape index (κ1) is 14.2. The van der Waals surface area contributed by atoms with Crippen LogP contribution in [0, 0.1) is 0 Å². The van der Waals surface area contributed by atoms with E-state index in [2.05, 4.69) is 40.0 Å². The predicted molar refractivity (Wildman–Crippen MR) is 86.5 cm³/mol. The number of fused-ring (bicyclic) bond motifs is 1. The lowest BCUT2D eigenvalue weighted by molar-refractivity contribution is -0.123. The number of halogens is 1. The summed E-state index contributed by atoms with van der Waals surface area (Å²) in [4.78, 5) is 13.9. The molecular weight excluding hydrogens is 340 g/mol. The van der Waals surface area contributed by atoms with Crippen LogP contribution in [0.1, 0.15) is 25.5 Å². The molecule has 1 amide bonds. The summed E-state index contributed by atoms with van der Waals surface area (Å²) < 4.78 is 0.928. The van der Waals surface area contributed by atoms with Crippen LogP contribution in [0.4, 0.5) is 11.4 Å². The lowest BCUT2D eigenvalue weighted by Crippen LogP contribution is -2.44. The number of aliphatic hydroxyl groups excluding tert-OH is 1. The number of nitrogens with zero attached hydrogens (tertiary/aromatic N) is 1. The summed E-state index contributed by atoms with van der Waals surface area (Å²) in [7, 11) is 0. The fourth-order valence-electron chi connectivity index (χ4n) is 2.75. The Morgan fingerprint density at radius 1 is 1.45 bits per heavy atom. The van der Waals surface area contributed by atoms with Crippen LogP contribution in [0.3, 0.4) is 0 Å². The minimum atomic E-state index is -1.05. The highest BCUT2D eigenvalue weighted by Crippen LogP contribution is 2.41. The molecule has 2 heterocycles. The highest BCUT2D eigenvalue weighted by molar-refractivity contribution is 9.10. The number of anilines is 2. The summed E-state index contributed by atoms with van der Waals surface area (Å²) in [5.74, 6) is 0.754. The van der Waals surface area contributed by atoms with Gasteiger partial charge < -0.3 is 15.3 Å². The molecule has 1 aromatic carbocycles. The number of hydrogen-bond acceptors (Lipinski definition) is 4. The van der Waals surface area contributed by atoms with E-state index in [1.807, 2.05) is 23.9 Å². The minimum Gasteiger partial charge on any atom is -0.378 e. The molecule has 1 fully saturated rings. The van der Waals surface area contributed by atoms with Gasteiger partial charge in [-0.15, -0.1) is 0 Å². The van der Waals surface area contributed by atoms with Crippen LogP contribution < -0.4 is 10.2 Å². The zero-order chi connectivity index (χ0) is 14.4. The smallest absolute Gasteiger partial charge is 0.257 e. The van der Waals surface area contributed by atoms with Crippen molar-refractivity contribution in [1.82, 2.24) is 0 Å². The molecule has 6 heteroatoms. The van der Waals surface area contributed by atoms with E-state index >= 15 is 0 Å². The van der Waals surface area contributed by atoms with Gasteiger partial charge >= 0.3 is 0 Å². The Bertz CT molecular complexity index is 566. The zero-order valence-electron chi connectivity index (χ0n) is 11.4. The number of hydrogen-bond donors (Lipinski definition) is 2. The summed E-state index contributed by atoms with van der Waals surface area (Å²) in [5, 5.41) is 13.1.